The van der Waals surface area contributed by atoms with E-state index in [-0.39, 0.29) is 11.3 Å². The average molecular weight is 276 g/mol. The predicted octanol–water partition coefficient (Wildman–Crippen LogP) is 1.24. The fraction of sp³-hybridized carbons (Fsp3) is 0.154. The fourth-order valence-corrected chi connectivity index (χ4v) is 4.16. The smallest absolute Gasteiger partial charge is 0.220 e. The highest BCUT2D eigenvalue weighted by Gasteiger charge is 2.35. The lowest BCUT2D eigenvalue weighted by Crippen LogP contribution is -2.36. The van der Waals surface area contributed by atoms with Crippen LogP contribution in [-0.2, 0) is 14.6 Å². The number of rotatable bonds is 2. The van der Waals surface area contributed by atoms with Gasteiger partial charge in [-0.25, -0.2) is 8.42 Å². The molecule has 0 spiro atoms. The first-order chi connectivity index (χ1) is 9.00. The molecule has 6 heteroatoms. The van der Waals surface area contributed by atoms with Crippen molar-refractivity contribution >= 4 is 32.2 Å². The van der Waals surface area contributed by atoms with E-state index in [1.165, 1.54) is 0 Å². The van der Waals surface area contributed by atoms with E-state index in [0.29, 0.717) is 11.1 Å². The van der Waals surface area contributed by atoms with Gasteiger partial charge in [-0.15, -0.1) is 0 Å². The highest BCUT2D eigenvalue weighted by atomic mass is 32.2. The van der Waals surface area contributed by atoms with Gasteiger partial charge < -0.3 is 11.1 Å². The summed E-state index contributed by atoms with van der Waals surface area (Å²) in [4.78, 5) is 11.3. The van der Waals surface area contributed by atoms with Crippen LogP contribution in [0.25, 0.3) is 10.8 Å². The fourth-order valence-electron chi connectivity index (χ4n) is 2.41. The molecule has 19 heavy (non-hydrogen) atoms. The van der Waals surface area contributed by atoms with Gasteiger partial charge in [0.15, 0.2) is 9.84 Å². The zero-order valence-electron chi connectivity index (χ0n) is 9.96. The summed E-state index contributed by atoms with van der Waals surface area (Å²) in [6.07, 6.45) is -0.243. The molecule has 98 valence electrons. The van der Waals surface area contributed by atoms with Gasteiger partial charge in [-0.2, -0.15) is 0 Å². The first-order valence-corrected chi connectivity index (χ1v) is 7.35. The first-order valence-electron chi connectivity index (χ1n) is 5.80. The molecular formula is C13H12N2O3S. The molecule has 0 aromatic heterocycles. The SMILES string of the molecule is NC(=O)CC1Nc2cccc3cccc(c23)S1(=O)=O. The molecule has 5 nitrogen and oxygen atoms in total. The zero-order valence-corrected chi connectivity index (χ0v) is 10.8. The van der Waals surface area contributed by atoms with Crippen molar-refractivity contribution < 1.29 is 13.2 Å². The molecule has 1 aliphatic heterocycles. The third kappa shape index (κ3) is 1.76. The number of carbonyl (C=O) groups is 1. The predicted molar refractivity (Wildman–Crippen MR) is 72.4 cm³/mol. The molecule has 0 saturated carbocycles. The van der Waals surface area contributed by atoms with Gasteiger partial charge in [0.2, 0.25) is 5.91 Å². The maximum atomic E-state index is 12.5. The van der Waals surface area contributed by atoms with E-state index in [0.717, 1.165) is 5.39 Å². The molecule has 0 saturated heterocycles. The lowest BCUT2D eigenvalue weighted by atomic mass is 10.1. The van der Waals surface area contributed by atoms with Gasteiger partial charge >= 0.3 is 0 Å². The third-order valence-electron chi connectivity index (χ3n) is 3.25. The van der Waals surface area contributed by atoms with Gasteiger partial charge in [0, 0.05) is 11.1 Å². The van der Waals surface area contributed by atoms with Crippen LogP contribution in [0.4, 0.5) is 5.69 Å². The lowest BCUT2D eigenvalue weighted by molar-refractivity contribution is -0.117. The van der Waals surface area contributed by atoms with Gasteiger partial charge in [0.25, 0.3) is 0 Å². The number of primary amides is 1. The van der Waals surface area contributed by atoms with E-state index in [2.05, 4.69) is 5.32 Å². The third-order valence-corrected chi connectivity index (χ3v) is 5.24. The number of hydrogen-bond donors (Lipinski definition) is 2. The topological polar surface area (TPSA) is 89.3 Å². The summed E-state index contributed by atoms with van der Waals surface area (Å²) >= 11 is 0. The maximum absolute atomic E-state index is 12.5. The molecule has 1 atom stereocenters. The molecule has 1 unspecified atom stereocenters. The Morgan fingerprint density at radius 3 is 2.58 bits per heavy atom. The number of benzene rings is 2. The molecule has 1 amide bonds. The number of carbonyl (C=O) groups excluding carboxylic acids is 1. The second-order valence-corrected chi connectivity index (χ2v) is 6.61. The van der Waals surface area contributed by atoms with Crippen molar-refractivity contribution in [3.8, 4) is 0 Å². The number of amides is 1. The molecule has 0 bridgehead atoms. The van der Waals surface area contributed by atoms with Crippen molar-refractivity contribution in [3.05, 3.63) is 36.4 Å². The van der Waals surface area contributed by atoms with Gasteiger partial charge in [-0.05, 0) is 17.5 Å². The van der Waals surface area contributed by atoms with E-state index in [4.69, 9.17) is 5.73 Å². The van der Waals surface area contributed by atoms with Crippen molar-refractivity contribution in [3.63, 3.8) is 0 Å². The van der Waals surface area contributed by atoms with Gasteiger partial charge in [0.1, 0.15) is 5.37 Å². The monoisotopic (exact) mass is 276 g/mol. The molecular weight excluding hydrogens is 264 g/mol. The van der Waals surface area contributed by atoms with E-state index < -0.39 is 21.1 Å². The van der Waals surface area contributed by atoms with Crippen LogP contribution >= 0.6 is 0 Å². The maximum Gasteiger partial charge on any atom is 0.220 e. The van der Waals surface area contributed by atoms with Crippen LogP contribution in [0, 0.1) is 0 Å². The van der Waals surface area contributed by atoms with Crippen molar-refractivity contribution in [2.45, 2.75) is 16.7 Å². The highest BCUT2D eigenvalue weighted by molar-refractivity contribution is 7.92. The number of sulfone groups is 1. The van der Waals surface area contributed by atoms with Crippen LogP contribution < -0.4 is 11.1 Å². The van der Waals surface area contributed by atoms with Crippen LogP contribution in [0.3, 0.4) is 0 Å². The van der Waals surface area contributed by atoms with Crippen LogP contribution in [0.1, 0.15) is 6.42 Å². The Labute approximate surface area is 110 Å². The van der Waals surface area contributed by atoms with Crippen molar-refractivity contribution in [2.75, 3.05) is 5.32 Å². The Bertz CT molecular complexity index is 778. The lowest BCUT2D eigenvalue weighted by Gasteiger charge is -2.26. The molecule has 0 aliphatic carbocycles. The van der Waals surface area contributed by atoms with E-state index in [1.807, 2.05) is 18.2 Å². The summed E-state index contributed by atoms with van der Waals surface area (Å²) < 4.78 is 24.9. The van der Waals surface area contributed by atoms with Crippen molar-refractivity contribution in [1.29, 1.82) is 0 Å². The molecule has 1 heterocycles. The summed E-state index contributed by atoms with van der Waals surface area (Å²) in [6, 6.07) is 10.6. The quantitative estimate of drug-likeness (QED) is 0.863. The Balaban J connectivity index is 2.29. The Morgan fingerprint density at radius 1 is 1.21 bits per heavy atom. The summed E-state index contributed by atoms with van der Waals surface area (Å²) in [5.41, 5.74) is 5.84. The standard InChI is InChI=1S/C13H12N2O3S/c14-11(16)7-12-15-9-5-1-3-8-4-2-6-10(13(8)9)19(12,17)18/h1-6,12,15H,7H2,(H2,14,16). The highest BCUT2D eigenvalue weighted by Crippen LogP contribution is 2.37. The molecule has 2 aromatic carbocycles. The summed E-state index contributed by atoms with van der Waals surface area (Å²) in [5, 5.41) is 3.42. The number of nitrogens with two attached hydrogens (primary N) is 1. The van der Waals surface area contributed by atoms with E-state index in [9.17, 15) is 13.2 Å². The molecule has 3 rings (SSSR count). The molecule has 0 radical (unpaired) electrons. The van der Waals surface area contributed by atoms with E-state index in [1.54, 1.807) is 18.2 Å². The van der Waals surface area contributed by atoms with Crippen LogP contribution in [0.15, 0.2) is 41.3 Å². The Kier molecular flexibility index (Phi) is 2.50. The van der Waals surface area contributed by atoms with Gasteiger partial charge in [-0.3, -0.25) is 4.79 Å². The molecule has 3 N–H and O–H groups in total. The van der Waals surface area contributed by atoms with Crippen molar-refractivity contribution in [2.24, 2.45) is 5.73 Å². The van der Waals surface area contributed by atoms with Crippen molar-refractivity contribution in [1.82, 2.24) is 0 Å². The minimum absolute atomic E-state index is 0.243. The summed E-state index contributed by atoms with van der Waals surface area (Å²) in [5.74, 6) is -0.646. The Morgan fingerprint density at radius 2 is 1.89 bits per heavy atom. The minimum atomic E-state index is -3.60. The average Bonchev–Trinajstić information content (AvgIpc) is 2.35. The van der Waals surface area contributed by atoms with Gasteiger partial charge in [-0.1, -0.05) is 24.3 Å². The molecule has 0 fully saturated rings. The zero-order chi connectivity index (χ0) is 13.6. The first kappa shape index (κ1) is 12.0. The minimum Gasteiger partial charge on any atom is -0.370 e. The van der Waals surface area contributed by atoms with Crippen LogP contribution in [0.5, 0.6) is 0 Å². The summed E-state index contributed by atoms with van der Waals surface area (Å²) in [7, 11) is -3.60. The number of anilines is 1. The van der Waals surface area contributed by atoms with Crippen LogP contribution in [-0.4, -0.2) is 19.7 Å². The van der Waals surface area contributed by atoms with Gasteiger partial charge in [0.05, 0.1) is 11.3 Å². The van der Waals surface area contributed by atoms with Crippen LogP contribution in [0.2, 0.25) is 0 Å². The summed E-state index contributed by atoms with van der Waals surface area (Å²) in [6.45, 7) is 0. The van der Waals surface area contributed by atoms with E-state index >= 15 is 0 Å². The molecule has 2 aromatic rings. The normalized spacial score (nSPS) is 19.9. The molecule has 1 aliphatic rings. The number of nitrogens with one attached hydrogen (secondary N) is 1. The largest absolute Gasteiger partial charge is 0.370 e. The number of hydrogen-bond acceptors (Lipinski definition) is 4. The second-order valence-electron chi connectivity index (χ2n) is 4.51. The second kappa shape index (κ2) is 3.96. The Hall–Kier alpha value is -2.08.